The third-order valence-electron chi connectivity index (χ3n) is 13.7. The third-order valence-corrected chi connectivity index (χ3v) is 18.7. The van der Waals surface area contributed by atoms with E-state index < -0.39 is 88.7 Å². The van der Waals surface area contributed by atoms with Crippen molar-refractivity contribution in [1.82, 2.24) is 9.88 Å². The first-order chi connectivity index (χ1) is 30.7. The van der Waals surface area contributed by atoms with Crippen LogP contribution in [0.5, 0.6) is 5.75 Å². The Hall–Kier alpha value is -5.72. The molecule has 2 amide bonds. The molecule has 1 heterocycles. The molecule has 0 radical (unpaired) electrons. The summed E-state index contributed by atoms with van der Waals surface area (Å²) in [6, 6.07) is 29.6. The van der Waals surface area contributed by atoms with Gasteiger partial charge in [-0.3, -0.25) is 19.3 Å². The summed E-state index contributed by atoms with van der Waals surface area (Å²) >= 11 is 0. The number of benzene rings is 3. The van der Waals surface area contributed by atoms with E-state index in [1.54, 1.807) is 13.0 Å². The average Bonchev–Trinajstić information content (AvgIpc) is 3.28. The van der Waals surface area contributed by atoms with Gasteiger partial charge in [0.1, 0.15) is 17.1 Å². The van der Waals surface area contributed by atoms with E-state index in [0.29, 0.717) is 12.0 Å². The van der Waals surface area contributed by atoms with Crippen LogP contribution >= 0.6 is 7.26 Å². The van der Waals surface area contributed by atoms with Gasteiger partial charge in [0.15, 0.2) is 17.1 Å². The van der Waals surface area contributed by atoms with Crippen molar-refractivity contribution >= 4 is 52.4 Å². The number of hydrogen-bond acceptors (Lipinski definition) is 11. The molecule has 338 valence electrons. The van der Waals surface area contributed by atoms with E-state index in [-0.39, 0.29) is 23.6 Å². The number of aliphatic hydroxyl groups excluding tert-OH is 3. The normalized spacial score (nSPS) is 23.4. The largest absolute Gasteiger partial charge is 0.510 e. The van der Waals surface area contributed by atoms with Crippen molar-refractivity contribution in [3.8, 4) is 5.75 Å². The summed E-state index contributed by atoms with van der Waals surface area (Å²) in [4.78, 5) is 59.6. The van der Waals surface area contributed by atoms with Gasteiger partial charge in [-0.25, -0.2) is 0 Å². The first-order valence-electron chi connectivity index (χ1n) is 22.2. The molecule has 0 aliphatic heterocycles. The van der Waals surface area contributed by atoms with Crippen LogP contribution in [0, 0.1) is 11.8 Å². The summed E-state index contributed by atoms with van der Waals surface area (Å²) in [5, 5.41) is 63.3. The van der Waals surface area contributed by atoms with Crippen molar-refractivity contribution in [2.75, 3.05) is 25.6 Å². The number of aromatic hydroxyl groups is 1. The number of ketones is 2. The summed E-state index contributed by atoms with van der Waals surface area (Å²) in [7, 11) is 0.615. The van der Waals surface area contributed by atoms with Crippen LogP contribution in [0.2, 0.25) is 0 Å². The second-order valence-electron chi connectivity index (χ2n) is 17.7. The first kappa shape index (κ1) is 46.3. The van der Waals surface area contributed by atoms with Gasteiger partial charge in [-0.2, -0.15) is 0 Å². The monoisotopic (exact) mass is 890 g/mol. The summed E-state index contributed by atoms with van der Waals surface area (Å²) < 4.78 is 0. The topological polar surface area (TPSA) is 224 Å². The number of primary amides is 1. The van der Waals surface area contributed by atoms with Gasteiger partial charge < -0.3 is 31.3 Å². The molecule has 8 N–H and O–H groups in total. The van der Waals surface area contributed by atoms with E-state index >= 15 is 0 Å². The zero-order chi connectivity index (χ0) is 45.9. The average molecular weight is 891 g/mol. The van der Waals surface area contributed by atoms with Gasteiger partial charge >= 0.3 is 193 Å². The maximum atomic E-state index is 14.2. The number of pyridine rings is 1. The predicted octanol–water partition coefficient (Wildman–Crippen LogP) is 5.22. The second kappa shape index (κ2) is 19.2. The fourth-order valence-corrected chi connectivity index (χ4v) is 15.3. The molecule has 13 nitrogen and oxygen atoms in total. The van der Waals surface area contributed by atoms with Gasteiger partial charge in [0, 0.05) is 11.5 Å². The standard InChI is InChI=1S/C50H59N4O9P/c1-30-33-26-27-34(43(56)38(33)44(57)39-37(30)45(58)41-42(54(2)3)46(59)40(49(51)62)48(61)50(41,63)47(39)60)53-35(55)24-16-8-6-4-5-7-9-19-29-64(31-20-12-10-13-21-31,32-22-14-11-15-23-32)36-25-17-18-28-52-36/h10-15,17-18,20-23,25-28,30,37,41-42,45,56,58-60,63-64H,4-9,16,19,24,29H2,1-3H3,(H2,51,62)(H,53,55)/t30-,37+,41+,42-,45-,50-/m0/s1. The molecule has 4 aromatic rings. The van der Waals surface area contributed by atoms with Crippen molar-refractivity contribution in [3.05, 3.63) is 131 Å². The number of carbonyl (C=O) groups is 4. The van der Waals surface area contributed by atoms with E-state index in [0.717, 1.165) is 51.1 Å². The van der Waals surface area contributed by atoms with Gasteiger partial charge in [0.05, 0.1) is 29.3 Å². The van der Waals surface area contributed by atoms with E-state index in [1.165, 1.54) is 41.1 Å². The van der Waals surface area contributed by atoms with Crippen LogP contribution in [0.15, 0.2) is 120 Å². The van der Waals surface area contributed by atoms with Gasteiger partial charge in [-0.05, 0) is 31.6 Å². The van der Waals surface area contributed by atoms with E-state index in [1.807, 2.05) is 12.3 Å². The number of aliphatic hydroxyl groups is 4. The van der Waals surface area contributed by atoms with E-state index in [4.69, 9.17) is 10.7 Å². The van der Waals surface area contributed by atoms with Gasteiger partial charge in [-0.1, -0.05) is 13.0 Å². The predicted molar refractivity (Wildman–Crippen MR) is 249 cm³/mol. The third kappa shape index (κ3) is 8.15. The molecule has 3 aliphatic carbocycles. The van der Waals surface area contributed by atoms with Crippen LogP contribution < -0.4 is 27.1 Å². The first-order valence-corrected chi connectivity index (χ1v) is 24.4. The Morgan fingerprint density at radius 2 is 1.39 bits per heavy atom. The van der Waals surface area contributed by atoms with Gasteiger partial charge in [0.2, 0.25) is 5.78 Å². The summed E-state index contributed by atoms with van der Waals surface area (Å²) in [5.41, 5.74) is 2.13. The van der Waals surface area contributed by atoms with Crippen LogP contribution in [0.25, 0.3) is 0 Å². The number of carbonyl (C=O) groups excluding carboxylic acids is 4. The Kier molecular flexibility index (Phi) is 13.9. The second-order valence-corrected chi connectivity index (χ2v) is 21.7. The molecule has 0 spiro atoms. The number of likely N-dealkylation sites (N-methyl/N-ethyl adjacent to an activating group) is 1. The number of fused-ring (bicyclic) bond motifs is 3. The number of nitrogens with one attached hydrogen (secondary N) is 1. The molecule has 14 heteroatoms. The molecule has 3 aromatic carbocycles. The number of anilines is 1. The molecule has 0 saturated carbocycles. The van der Waals surface area contributed by atoms with E-state index in [9.17, 15) is 44.7 Å². The minimum absolute atomic E-state index is 0.0317. The SMILES string of the molecule is C[C@H]1c2ccc(NC(=O)CCCCCCCCCC[PH](c3ccccc3)(c3ccccc3)c3ccccn3)c(O)c2C(=O)C2=C(O)[C@]3(O)C(=O)C(C(N)=O)=C(O)[C@@H](N(C)C)[C@@H]3[C@@H](O)[C@@H]21. The summed E-state index contributed by atoms with van der Waals surface area (Å²) in [6.45, 7) is 1.65. The molecule has 0 unspecified atom stereocenters. The zero-order valence-electron chi connectivity index (χ0n) is 36.5. The molecule has 1 aromatic heterocycles. The zero-order valence-corrected chi connectivity index (χ0v) is 37.5. The number of amides is 2. The van der Waals surface area contributed by atoms with Crippen LogP contribution in [-0.4, -0.2) is 96.8 Å². The Bertz CT molecular complexity index is 2360. The molecular formula is C50H59N4O9P. The number of hydrogen-bond donors (Lipinski definition) is 7. The van der Waals surface area contributed by atoms with Crippen molar-refractivity contribution in [1.29, 1.82) is 0 Å². The van der Waals surface area contributed by atoms with Crippen LogP contribution in [0.1, 0.15) is 86.6 Å². The number of phenolic OH excluding ortho intramolecular Hbond substituents is 1. The van der Waals surface area contributed by atoms with Crippen LogP contribution in [0.4, 0.5) is 5.69 Å². The molecule has 0 bridgehead atoms. The van der Waals surface area contributed by atoms with Crippen molar-refractivity contribution in [2.24, 2.45) is 17.6 Å². The summed E-state index contributed by atoms with van der Waals surface area (Å²) in [5.74, 6) is -10.1. The molecule has 64 heavy (non-hydrogen) atoms. The Morgan fingerprint density at radius 1 is 0.812 bits per heavy atom. The molecule has 3 aliphatic rings. The molecular weight excluding hydrogens is 832 g/mol. The van der Waals surface area contributed by atoms with Gasteiger partial charge in [-0.15, -0.1) is 0 Å². The molecule has 6 atom stereocenters. The number of aromatic nitrogens is 1. The maximum absolute atomic E-state index is 14.2. The fourth-order valence-electron chi connectivity index (χ4n) is 10.6. The Labute approximate surface area is 374 Å². The van der Waals surface area contributed by atoms with Crippen molar-refractivity contribution in [2.45, 2.75) is 88.4 Å². The Balaban J connectivity index is 0.939. The number of Topliss-reactive ketones (excluding diaryl/α,β-unsaturated/α-hetero) is 2. The minimum Gasteiger partial charge on any atom is -0.510 e. The van der Waals surface area contributed by atoms with Crippen molar-refractivity contribution < 1.29 is 44.7 Å². The van der Waals surface area contributed by atoms with Crippen molar-refractivity contribution in [3.63, 3.8) is 0 Å². The summed E-state index contributed by atoms with van der Waals surface area (Å²) in [6.07, 6.45) is 9.35. The number of unbranched alkanes of at least 4 members (excludes halogenated alkanes) is 7. The quantitative estimate of drug-likeness (QED) is 0.0315. The number of rotatable bonds is 17. The molecule has 0 fully saturated rings. The smallest absolute Gasteiger partial charge is 0.255 e. The van der Waals surface area contributed by atoms with Crippen LogP contribution in [-0.2, 0) is 14.4 Å². The van der Waals surface area contributed by atoms with E-state index in [2.05, 4.69) is 78.1 Å². The maximum Gasteiger partial charge on any atom is 0.255 e. The van der Waals surface area contributed by atoms with Gasteiger partial charge in [0.25, 0.3) is 5.91 Å². The number of nitrogens with two attached hydrogens (primary N) is 1. The molecule has 0 saturated heterocycles. The Morgan fingerprint density at radius 3 is 1.95 bits per heavy atom. The molecule has 7 rings (SSSR count). The van der Waals surface area contributed by atoms with Crippen LogP contribution in [0.3, 0.4) is 0 Å². The fraction of sp³-hybridized carbons (Fsp3) is 0.380. The number of nitrogens with zero attached hydrogens (tertiary/aromatic N) is 2. The minimum atomic E-state index is -3.01. The number of phenols is 1.